The van der Waals surface area contributed by atoms with Crippen LogP contribution in [0.2, 0.25) is 5.02 Å². The fraction of sp³-hybridized carbons (Fsp3) is 0.643. The Morgan fingerprint density at radius 3 is 2.94 bits per heavy atom. The number of nitrogens with zero attached hydrogens (tertiary/aromatic N) is 1. The van der Waals surface area contributed by atoms with E-state index in [4.69, 9.17) is 11.6 Å². The molecule has 0 radical (unpaired) electrons. The highest BCUT2D eigenvalue weighted by Gasteiger charge is 2.40. The minimum Gasteiger partial charge on any atom is -0.387 e. The Labute approximate surface area is 107 Å². The van der Waals surface area contributed by atoms with Crippen molar-refractivity contribution in [2.45, 2.75) is 38.2 Å². The zero-order chi connectivity index (χ0) is 11.8. The van der Waals surface area contributed by atoms with Crippen LogP contribution in [-0.2, 0) is 0 Å². The number of halogens is 1. The lowest BCUT2D eigenvalue weighted by molar-refractivity contribution is 0.122. The second-order valence-electron chi connectivity index (χ2n) is 5.56. The van der Waals surface area contributed by atoms with Gasteiger partial charge in [-0.1, -0.05) is 18.0 Å². The Hall–Kier alpha value is -0.600. The zero-order valence-electron chi connectivity index (χ0n) is 9.85. The number of hydrogen-bond acceptors (Lipinski definition) is 2. The molecule has 3 rings (SSSR count). The van der Waals surface area contributed by atoms with Crippen LogP contribution in [0.4, 0.5) is 0 Å². The summed E-state index contributed by atoms with van der Waals surface area (Å²) >= 11 is 6.06. The highest BCUT2D eigenvalue weighted by Crippen LogP contribution is 2.51. The Bertz CT molecular complexity index is 409. The molecule has 0 aromatic carbocycles. The lowest BCUT2D eigenvalue weighted by atomic mass is 9.84. The van der Waals surface area contributed by atoms with Gasteiger partial charge in [-0.3, -0.25) is 4.98 Å². The summed E-state index contributed by atoms with van der Waals surface area (Å²) in [6.07, 6.45) is 7.48. The SMILES string of the molecule is OC(CC1CC2CCC1C2)c1ncccc1Cl. The van der Waals surface area contributed by atoms with Crippen LogP contribution in [-0.4, -0.2) is 10.1 Å². The minimum atomic E-state index is -0.493. The topological polar surface area (TPSA) is 33.1 Å². The van der Waals surface area contributed by atoms with Crippen LogP contribution in [0, 0.1) is 17.8 Å². The summed E-state index contributed by atoms with van der Waals surface area (Å²) in [6, 6.07) is 3.60. The molecule has 4 unspecified atom stereocenters. The molecule has 2 aliphatic rings. The van der Waals surface area contributed by atoms with Crippen LogP contribution >= 0.6 is 11.6 Å². The van der Waals surface area contributed by atoms with Crippen molar-refractivity contribution in [3.8, 4) is 0 Å². The van der Waals surface area contributed by atoms with Gasteiger partial charge in [0.2, 0.25) is 0 Å². The van der Waals surface area contributed by atoms with E-state index in [1.54, 1.807) is 18.3 Å². The van der Waals surface area contributed by atoms with Crippen LogP contribution in [0.3, 0.4) is 0 Å². The molecule has 2 saturated carbocycles. The van der Waals surface area contributed by atoms with Gasteiger partial charge in [-0.2, -0.15) is 0 Å². The number of rotatable bonds is 3. The van der Waals surface area contributed by atoms with Gasteiger partial charge < -0.3 is 5.11 Å². The summed E-state index contributed by atoms with van der Waals surface area (Å²) in [7, 11) is 0. The summed E-state index contributed by atoms with van der Waals surface area (Å²) in [5.41, 5.74) is 0.650. The van der Waals surface area contributed by atoms with E-state index in [1.165, 1.54) is 25.7 Å². The Morgan fingerprint density at radius 1 is 1.41 bits per heavy atom. The molecule has 2 nitrogen and oxygen atoms in total. The Kier molecular flexibility index (Phi) is 3.10. The molecule has 0 aliphatic heterocycles. The highest BCUT2D eigenvalue weighted by molar-refractivity contribution is 6.31. The van der Waals surface area contributed by atoms with Crippen molar-refractivity contribution < 1.29 is 5.11 Å². The van der Waals surface area contributed by atoms with Crippen molar-refractivity contribution in [1.29, 1.82) is 0 Å². The average molecular weight is 252 g/mol. The van der Waals surface area contributed by atoms with Crippen LogP contribution < -0.4 is 0 Å². The normalized spacial score (nSPS) is 32.9. The molecule has 92 valence electrons. The number of fused-ring (bicyclic) bond motifs is 2. The fourth-order valence-electron chi connectivity index (χ4n) is 3.71. The van der Waals surface area contributed by atoms with Crippen LogP contribution in [0.25, 0.3) is 0 Å². The smallest absolute Gasteiger partial charge is 0.0977 e. The molecular weight excluding hydrogens is 234 g/mol. The Morgan fingerprint density at radius 2 is 2.29 bits per heavy atom. The van der Waals surface area contributed by atoms with E-state index in [0.717, 1.165) is 18.3 Å². The number of aliphatic hydroxyl groups excluding tert-OH is 1. The quantitative estimate of drug-likeness (QED) is 0.891. The highest BCUT2D eigenvalue weighted by atomic mass is 35.5. The largest absolute Gasteiger partial charge is 0.387 e. The predicted molar refractivity (Wildman–Crippen MR) is 67.8 cm³/mol. The van der Waals surface area contributed by atoms with E-state index in [0.29, 0.717) is 16.6 Å². The molecule has 0 spiro atoms. The van der Waals surface area contributed by atoms with Gasteiger partial charge >= 0.3 is 0 Å². The van der Waals surface area contributed by atoms with Gasteiger partial charge in [0, 0.05) is 6.20 Å². The van der Waals surface area contributed by atoms with Gasteiger partial charge in [0.1, 0.15) is 0 Å². The molecule has 3 heteroatoms. The van der Waals surface area contributed by atoms with Crippen LogP contribution in [0.1, 0.15) is 43.9 Å². The molecule has 2 bridgehead atoms. The summed E-state index contributed by atoms with van der Waals surface area (Å²) in [5, 5.41) is 10.8. The predicted octanol–water partition coefficient (Wildman–Crippen LogP) is 3.59. The van der Waals surface area contributed by atoms with Crippen LogP contribution in [0.15, 0.2) is 18.3 Å². The first-order valence-electron chi connectivity index (χ1n) is 6.52. The average Bonchev–Trinajstić information content (AvgIpc) is 2.91. The van der Waals surface area contributed by atoms with Gasteiger partial charge in [0.15, 0.2) is 0 Å². The molecule has 0 amide bonds. The third kappa shape index (κ3) is 2.21. The summed E-state index contributed by atoms with van der Waals surface area (Å²) in [5.74, 6) is 2.45. The number of aliphatic hydroxyl groups is 1. The van der Waals surface area contributed by atoms with Gasteiger partial charge in [-0.05, 0) is 55.6 Å². The van der Waals surface area contributed by atoms with E-state index < -0.39 is 6.10 Å². The first-order valence-corrected chi connectivity index (χ1v) is 6.90. The molecule has 4 atom stereocenters. The maximum Gasteiger partial charge on any atom is 0.0977 e. The monoisotopic (exact) mass is 251 g/mol. The molecule has 1 aromatic heterocycles. The summed E-state index contributed by atoms with van der Waals surface area (Å²) in [4.78, 5) is 4.20. The van der Waals surface area contributed by atoms with E-state index in [9.17, 15) is 5.11 Å². The van der Waals surface area contributed by atoms with Crippen molar-refractivity contribution in [2.24, 2.45) is 17.8 Å². The van der Waals surface area contributed by atoms with Crippen molar-refractivity contribution >= 4 is 11.6 Å². The molecular formula is C14H18ClNO. The van der Waals surface area contributed by atoms with E-state index in [2.05, 4.69) is 4.98 Å². The first kappa shape index (κ1) is 11.5. The molecule has 1 aromatic rings. The summed E-state index contributed by atoms with van der Waals surface area (Å²) in [6.45, 7) is 0. The second kappa shape index (κ2) is 4.58. The van der Waals surface area contributed by atoms with Gasteiger partial charge in [0.25, 0.3) is 0 Å². The standard InChI is InChI=1S/C14H18ClNO/c15-12-2-1-5-16-14(12)13(17)8-11-7-9-3-4-10(11)6-9/h1-2,5,9-11,13,17H,3-4,6-8H2. The van der Waals surface area contributed by atoms with Crippen molar-refractivity contribution in [1.82, 2.24) is 4.98 Å². The van der Waals surface area contributed by atoms with Crippen molar-refractivity contribution in [3.63, 3.8) is 0 Å². The Balaban J connectivity index is 1.68. The maximum atomic E-state index is 10.2. The molecule has 17 heavy (non-hydrogen) atoms. The number of hydrogen-bond donors (Lipinski definition) is 1. The molecule has 2 aliphatic carbocycles. The van der Waals surface area contributed by atoms with Gasteiger partial charge in [-0.25, -0.2) is 0 Å². The lowest BCUT2D eigenvalue weighted by Gasteiger charge is -2.24. The van der Waals surface area contributed by atoms with Crippen LogP contribution in [0.5, 0.6) is 0 Å². The first-order chi connectivity index (χ1) is 8.24. The third-order valence-corrected chi connectivity index (χ3v) is 4.83. The van der Waals surface area contributed by atoms with Crippen molar-refractivity contribution in [3.05, 3.63) is 29.0 Å². The zero-order valence-corrected chi connectivity index (χ0v) is 10.6. The molecule has 2 fully saturated rings. The minimum absolute atomic E-state index is 0.493. The second-order valence-corrected chi connectivity index (χ2v) is 5.96. The van der Waals surface area contributed by atoms with E-state index in [1.807, 2.05) is 0 Å². The van der Waals surface area contributed by atoms with E-state index >= 15 is 0 Å². The molecule has 1 heterocycles. The summed E-state index contributed by atoms with van der Waals surface area (Å²) < 4.78 is 0. The maximum absolute atomic E-state index is 10.2. The number of pyridine rings is 1. The molecule has 0 saturated heterocycles. The van der Waals surface area contributed by atoms with Gasteiger partial charge in [-0.15, -0.1) is 0 Å². The molecule has 1 N–H and O–H groups in total. The third-order valence-electron chi connectivity index (χ3n) is 4.51. The fourth-order valence-corrected chi connectivity index (χ4v) is 3.95. The van der Waals surface area contributed by atoms with E-state index in [-0.39, 0.29) is 0 Å². The number of aromatic nitrogens is 1. The van der Waals surface area contributed by atoms with Gasteiger partial charge in [0.05, 0.1) is 16.8 Å². The lowest BCUT2D eigenvalue weighted by Crippen LogP contribution is -2.15. The van der Waals surface area contributed by atoms with Crippen molar-refractivity contribution in [2.75, 3.05) is 0 Å².